The average molecular weight is 450 g/mol. The molecule has 4 rings (SSSR count). The number of nitriles is 1. The Morgan fingerprint density at radius 2 is 1.90 bits per heavy atom. The van der Waals surface area contributed by atoms with Crippen LogP contribution in [0.1, 0.15) is 54.9 Å². The maximum atomic E-state index is 13.1. The van der Waals surface area contributed by atoms with E-state index in [2.05, 4.69) is 25.8 Å². The molecule has 0 bridgehead atoms. The predicted molar refractivity (Wildman–Crippen MR) is 121 cm³/mol. The number of carbonyl (C=O) groups is 1. The van der Waals surface area contributed by atoms with Crippen molar-refractivity contribution < 1.29 is 9.00 Å². The van der Waals surface area contributed by atoms with Crippen LogP contribution in [0.25, 0.3) is 0 Å². The van der Waals surface area contributed by atoms with Gasteiger partial charge < -0.3 is 10.6 Å². The number of amides is 2. The molecule has 0 radical (unpaired) electrons. The zero-order chi connectivity index (χ0) is 20.5. The second kappa shape index (κ2) is 8.96. The minimum atomic E-state index is -3.33. The first kappa shape index (κ1) is 22.6. The van der Waals surface area contributed by atoms with Gasteiger partial charge in [0.05, 0.1) is 0 Å². The van der Waals surface area contributed by atoms with Crippen molar-refractivity contribution in [2.45, 2.75) is 63.8 Å². The van der Waals surface area contributed by atoms with Crippen LogP contribution in [0, 0.1) is 11.5 Å². The Morgan fingerprint density at radius 3 is 2.47 bits per heavy atom. The average Bonchev–Trinajstić information content (AvgIpc) is 3.41. The number of urea groups is 1. The molecule has 1 aromatic carbocycles. The van der Waals surface area contributed by atoms with Gasteiger partial charge in [-0.05, 0) is 87.1 Å². The van der Waals surface area contributed by atoms with Gasteiger partial charge in [0, 0.05) is 16.6 Å². The topological polar surface area (TPSA) is 106 Å². The molecule has 1 heterocycles. The van der Waals surface area contributed by atoms with Gasteiger partial charge in [0.2, 0.25) is 6.19 Å². The number of aryl methyl sites for hydroxylation is 2. The first-order valence-corrected chi connectivity index (χ1v) is 11.8. The lowest BCUT2D eigenvalue weighted by Crippen LogP contribution is -2.36. The Balaban J connectivity index is 0.00000256. The van der Waals surface area contributed by atoms with E-state index >= 15 is 0 Å². The van der Waals surface area contributed by atoms with Gasteiger partial charge in [-0.15, -0.1) is 12.4 Å². The molecule has 3 N–H and O–H groups in total. The van der Waals surface area contributed by atoms with E-state index in [-0.39, 0.29) is 17.9 Å². The third-order valence-corrected chi connectivity index (χ3v) is 7.48. The van der Waals surface area contributed by atoms with Crippen LogP contribution >= 0.6 is 12.4 Å². The normalized spacial score (nSPS) is 23.7. The lowest BCUT2D eigenvalue weighted by molar-refractivity contribution is 0.257. The summed E-state index contributed by atoms with van der Waals surface area (Å²) in [5, 5.41) is 16.6. The van der Waals surface area contributed by atoms with E-state index in [1.807, 2.05) is 6.92 Å². The van der Waals surface area contributed by atoms with Gasteiger partial charge >= 0.3 is 6.03 Å². The van der Waals surface area contributed by atoms with Gasteiger partial charge in [-0.2, -0.15) is 5.26 Å². The summed E-state index contributed by atoms with van der Waals surface area (Å²) >= 11 is 0. The highest BCUT2D eigenvalue weighted by Gasteiger charge is 2.27. The molecule has 9 heteroatoms. The van der Waals surface area contributed by atoms with Crippen molar-refractivity contribution in [3.05, 3.63) is 39.8 Å². The molecule has 2 aliphatic carbocycles. The van der Waals surface area contributed by atoms with Gasteiger partial charge in [0.25, 0.3) is 0 Å². The van der Waals surface area contributed by atoms with Crippen LogP contribution in [-0.4, -0.2) is 22.3 Å². The van der Waals surface area contributed by atoms with Gasteiger partial charge in [0.1, 0.15) is 0 Å². The molecule has 30 heavy (non-hydrogen) atoms. The van der Waals surface area contributed by atoms with Crippen LogP contribution in [0.5, 0.6) is 0 Å². The second-order valence-electron chi connectivity index (χ2n) is 8.30. The molecule has 1 fully saturated rings. The van der Waals surface area contributed by atoms with Gasteiger partial charge in [-0.3, -0.25) is 0 Å². The molecule has 0 saturated carbocycles. The molecule has 1 saturated heterocycles. The molecular formula is C21H28ClN5O2S. The first-order valence-electron chi connectivity index (χ1n) is 10.3. The maximum Gasteiger partial charge on any atom is 0.331 e. The zero-order valence-corrected chi connectivity index (χ0v) is 18.8. The standard InChI is InChI=1S/C21H27N5O2S.ClH/c1-21(9-4-11-23-21)10-12-29(28,24-14-22)26-20(27)25-19-17-7-2-5-15(17)13-16-6-3-8-18(16)19;/h10,12-13,23H,2-9,11H2,1H3,(H2,24,25,26,27,28);1H/b12-10+;/t21-,29?;/m0./s1. The number of halogens is 1. The highest BCUT2D eigenvalue weighted by atomic mass is 35.5. The van der Waals surface area contributed by atoms with Crippen molar-refractivity contribution in [3.8, 4) is 6.19 Å². The molecule has 0 spiro atoms. The lowest BCUT2D eigenvalue weighted by Gasteiger charge is -2.20. The maximum absolute atomic E-state index is 13.1. The third-order valence-electron chi connectivity index (χ3n) is 6.15. The number of anilines is 1. The van der Waals surface area contributed by atoms with Gasteiger partial charge in [-0.1, -0.05) is 16.5 Å². The molecule has 1 aliphatic heterocycles. The summed E-state index contributed by atoms with van der Waals surface area (Å²) in [7, 11) is -3.33. The van der Waals surface area contributed by atoms with E-state index in [0.29, 0.717) is 0 Å². The molecule has 2 amide bonds. The van der Waals surface area contributed by atoms with Crippen molar-refractivity contribution in [2.75, 3.05) is 11.9 Å². The first-order chi connectivity index (χ1) is 13.9. The molecule has 2 atom stereocenters. The Hall–Kier alpha value is -2.08. The zero-order valence-electron chi connectivity index (χ0n) is 17.1. The van der Waals surface area contributed by atoms with Crippen molar-refractivity contribution in [3.63, 3.8) is 0 Å². The quantitative estimate of drug-likeness (QED) is 0.609. The Labute approximate surface area is 184 Å². The molecule has 1 aromatic rings. The number of benzene rings is 1. The Morgan fingerprint density at radius 1 is 1.23 bits per heavy atom. The molecule has 3 aliphatic rings. The number of nitrogens with zero attached hydrogens (tertiary/aromatic N) is 2. The van der Waals surface area contributed by atoms with Crippen molar-refractivity contribution >= 4 is 34.0 Å². The smallest absolute Gasteiger partial charge is 0.308 e. The van der Waals surface area contributed by atoms with Crippen LogP contribution < -0.4 is 15.4 Å². The fraction of sp³-hybridized carbons (Fsp3) is 0.524. The highest BCUT2D eigenvalue weighted by Crippen LogP contribution is 2.38. The van der Waals surface area contributed by atoms with Crippen LogP contribution in [0.2, 0.25) is 0 Å². The molecule has 7 nitrogen and oxygen atoms in total. The van der Waals surface area contributed by atoms with Crippen LogP contribution in [0.4, 0.5) is 10.5 Å². The minimum absolute atomic E-state index is 0. The minimum Gasteiger partial charge on any atom is -0.308 e. The van der Waals surface area contributed by atoms with E-state index in [4.69, 9.17) is 5.26 Å². The largest absolute Gasteiger partial charge is 0.331 e. The van der Waals surface area contributed by atoms with Crippen LogP contribution in [0.15, 0.2) is 21.9 Å². The number of hydrogen-bond acceptors (Lipinski definition) is 5. The van der Waals surface area contributed by atoms with E-state index in [0.717, 1.165) is 63.6 Å². The lowest BCUT2D eigenvalue weighted by atomic mass is 9.99. The fourth-order valence-corrected chi connectivity index (χ4v) is 5.79. The van der Waals surface area contributed by atoms with Crippen LogP contribution in [0.3, 0.4) is 0 Å². The third kappa shape index (κ3) is 4.64. The summed E-state index contributed by atoms with van der Waals surface area (Å²) in [6.07, 6.45) is 11.4. The van der Waals surface area contributed by atoms with E-state index < -0.39 is 15.9 Å². The number of carbonyl (C=O) groups excluding carboxylic acids is 1. The van der Waals surface area contributed by atoms with Crippen molar-refractivity contribution in [1.82, 2.24) is 10.0 Å². The van der Waals surface area contributed by atoms with Gasteiger partial charge in [0.15, 0.2) is 9.92 Å². The molecule has 0 aromatic heterocycles. The Bertz CT molecular complexity index is 999. The van der Waals surface area contributed by atoms with E-state index in [9.17, 15) is 9.00 Å². The van der Waals surface area contributed by atoms with Crippen molar-refractivity contribution in [2.24, 2.45) is 4.36 Å². The number of rotatable bonds is 4. The molecule has 1 unspecified atom stereocenters. The summed E-state index contributed by atoms with van der Waals surface area (Å²) in [5.74, 6) is 0. The number of nitrogens with one attached hydrogen (secondary N) is 3. The highest BCUT2D eigenvalue weighted by molar-refractivity contribution is 7.95. The number of fused-ring (bicyclic) bond motifs is 2. The molecular weight excluding hydrogens is 422 g/mol. The van der Waals surface area contributed by atoms with E-state index in [1.165, 1.54) is 27.7 Å². The van der Waals surface area contributed by atoms with E-state index in [1.54, 1.807) is 12.3 Å². The summed E-state index contributed by atoms with van der Waals surface area (Å²) in [5.41, 5.74) is 5.59. The summed E-state index contributed by atoms with van der Waals surface area (Å²) in [6.45, 7) is 2.88. The van der Waals surface area contributed by atoms with Gasteiger partial charge in [-0.25, -0.2) is 13.7 Å². The Kier molecular flexibility index (Phi) is 6.75. The molecule has 162 valence electrons. The van der Waals surface area contributed by atoms with Crippen molar-refractivity contribution in [1.29, 1.82) is 5.26 Å². The predicted octanol–water partition coefficient (Wildman–Crippen LogP) is 3.73. The SMILES string of the molecule is C[C@@]1(/C=C/S(=O)(=NC#N)NC(=O)Nc2c3c(cc4c2CCC4)CCC3)CCCN1.Cl. The fourth-order valence-electron chi connectivity index (χ4n) is 4.69. The summed E-state index contributed by atoms with van der Waals surface area (Å²) in [6, 6.07) is 1.71. The number of hydrogen-bond donors (Lipinski definition) is 3. The summed E-state index contributed by atoms with van der Waals surface area (Å²) < 4.78 is 19.0. The summed E-state index contributed by atoms with van der Waals surface area (Å²) in [4.78, 5) is 12.8. The monoisotopic (exact) mass is 449 g/mol. The van der Waals surface area contributed by atoms with Crippen LogP contribution in [-0.2, 0) is 35.6 Å². The second-order valence-corrected chi connectivity index (χ2v) is 10.1.